The van der Waals surface area contributed by atoms with Crippen LogP contribution < -0.4 is 0 Å². The average molecular weight is 429 g/mol. The van der Waals surface area contributed by atoms with Gasteiger partial charge in [-0.3, -0.25) is 4.79 Å². The molecule has 0 radical (unpaired) electrons. The van der Waals surface area contributed by atoms with Crippen molar-refractivity contribution in [1.29, 1.82) is 0 Å². The van der Waals surface area contributed by atoms with Crippen molar-refractivity contribution in [3.05, 3.63) is 28.8 Å². The van der Waals surface area contributed by atoms with Crippen LogP contribution in [0.25, 0.3) is 0 Å². The first-order chi connectivity index (χ1) is 12.0. The Bertz CT molecular complexity index is 828. The highest BCUT2D eigenvalue weighted by Gasteiger charge is 2.46. The molecule has 144 valence electrons. The Hall–Kier alpha value is -0.970. The number of nitrogens with zero attached hydrogens (tertiary/aromatic N) is 2. The maximum absolute atomic E-state index is 13.3. The first kappa shape index (κ1) is 19.8. The van der Waals surface area contributed by atoms with Crippen molar-refractivity contribution in [1.82, 2.24) is 9.21 Å². The summed E-state index contributed by atoms with van der Waals surface area (Å²) in [5.41, 5.74) is -1.33. The third-order valence-corrected chi connectivity index (χ3v) is 7.73. The summed E-state index contributed by atoms with van der Waals surface area (Å²) in [7, 11) is -2.92. The molecule has 5 nitrogen and oxygen atoms in total. The molecule has 2 aliphatic rings. The van der Waals surface area contributed by atoms with E-state index in [2.05, 4.69) is 0 Å². The van der Waals surface area contributed by atoms with Crippen LogP contribution in [0.15, 0.2) is 23.1 Å². The summed E-state index contributed by atoms with van der Waals surface area (Å²) in [4.78, 5) is 13.2. The standard InChI is InChI=1S/C15H16ClF3N2O3S2/c1-20(10-3-4-10)14(22)12-7-25-8-21(12)26(23,24)13-5-2-9(16)6-11(13)15(17,18)19/h2,5-6,10,12H,3-4,7-8H2,1H3. The van der Waals surface area contributed by atoms with E-state index in [0.717, 1.165) is 29.3 Å². The topological polar surface area (TPSA) is 57.7 Å². The minimum Gasteiger partial charge on any atom is -0.341 e. The normalized spacial score (nSPS) is 21.8. The lowest BCUT2D eigenvalue weighted by Gasteiger charge is -2.27. The molecule has 1 aromatic rings. The highest BCUT2D eigenvalue weighted by atomic mass is 35.5. The van der Waals surface area contributed by atoms with Gasteiger partial charge in [0.15, 0.2) is 0 Å². The molecule has 0 spiro atoms. The Balaban J connectivity index is 1.98. The number of hydrogen-bond donors (Lipinski definition) is 0. The number of hydrogen-bond acceptors (Lipinski definition) is 4. The number of thioether (sulfide) groups is 1. The van der Waals surface area contributed by atoms with Gasteiger partial charge in [0.05, 0.1) is 16.3 Å². The van der Waals surface area contributed by atoms with Gasteiger partial charge in [0.1, 0.15) is 6.04 Å². The molecule has 1 aliphatic heterocycles. The zero-order chi connectivity index (χ0) is 19.3. The fourth-order valence-electron chi connectivity index (χ4n) is 2.81. The monoisotopic (exact) mass is 428 g/mol. The third-order valence-electron chi connectivity index (χ3n) is 4.40. The van der Waals surface area contributed by atoms with E-state index in [1.807, 2.05) is 0 Å². The average Bonchev–Trinajstić information content (AvgIpc) is 3.28. The number of benzene rings is 1. The highest BCUT2D eigenvalue weighted by molar-refractivity contribution is 8.00. The van der Waals surface area contributed by atoms with Gasteiger partial charge in [0.2, 0.25) is 15.9 Å². The Morgan fingerprint density at radius 2 is 2.00 bits per heavy atom. The fourth-order valence-corrected chi connectivity index (χ4v) is 6.31. The van der Waals surface area contributed by atoms with Gasteiger partial charge in [0, 0.05) is 23.9 Å². The summed E-state index contributed by atoms with van der Waals surface area (Å²) in [5.74, 6) is -0.245. The zero-order valence-corrected chi connectivity index (χ0v) is 16.1. The van der Waals surface area contributed by atoms with Gasteiger partial charge < -0.3 is 4.90 Å². The molecule has 2 fully saturated rings. The molecule has 11 heteroatoms. The fraction of sp³-hybridized carbons (Fsp3) is 0.533. The van der Waals surface area contributed by atoms with Crippen LogP contribution in [0.5, 0.6) is 0 Å². The molecule has 0 N–H and O–H groups in total. The van der Waals surface area contributed by atoms with Crippen LogP contribution in [0, 0.1) is 0 Å². The lowest BCUT2D eigenvalue weighted by atomic mass is 10.2. The van der Waals surface area contributed by atoms with Gasteiger partial charge in [0.25, 0.3) is 0 Å². The third kappa shape index (κ3) is 3.69. The molecule has 1 unspecified atom stereocenters. The van der Waals surface area contributed by atoms with Crippen LogP contribution in [0.4, 0.5) is 13.2 Å². The maximum atomic E-state index is 13.3. The Morgan fingerprint density at radius 3 is 2.58 bits per heavy atom. The van der Waals surface area contributed by atoms with Crippen molar-refractivity contribution >= 4 is 39.3 Å². The molecule has 1 saturated carbocycles. The van der Waals surface area contributed by atoms with Crippen molar-refractivity contribution in [2.45, 2.75) is 36.0 Å². The second-order valence-corrected chi connectivity index (χ2v) is 9.52. The Morgan fingerprint density at radius 1 is 1.35 bits per heavy atom. The van der Waals surface area contributed by atoms with Crippen molar-refractivity contribution in [3.8, 4) is 0 Å². The van der Waals surface area contributed by atoms with E-state index in [4.69, 9.17) is 11.6 Å². The maximum Gasteiger partial charge on any atom is 0.417 e. The van der Waals surface area contributed by atoms with E-state index in [-0.39, 0.29) is 28.6 Å². The van der Waals surface area contributed by atoms with Gasteiger partial charge in [-0.15, -0.1) is 11.8 Å². The smallest absolute Gasteiger partial charge is 0.341 e. The van der Waals surface area contributed by atoms with E-state index < -0.39 is 32.7 Å². The molecule has 1 atom stereocenters. The molecule has 0 aromatic heterocycles. The molecule has 1 aromatic carbocycles. The molecule has 1 saturated heterocycles. The van der Waals surface area contributed by atoms with Crippen molar-refractivity contribution < 1.29 is 26.4 Å². The number of amides is 1. The van der Waals surface area contributed by atoms with E-state index in [1.165, 1.54) is 16.7 Å². The predicted molar refractivity (Wildman–Crippen MR) is 92.4 cm³/mol. The lowest BCUT2D eigenvalue weighted by Crippen LogP contribution is -2.48. The Kier molecular flexibility index (Phi) is 5.24. The minimum absolute atomic E-state index is 0.0723. The largest absolute Gasteiger partial charge is 0.417 e. The second-order valence-electron chi connectivity index (χ2n) is 6.23. The summed E-state index contributed by atoms with van der Waals surface area (Å²) in [6, 6.07) is 1.60. The van der Waals surface area contributed by atoms with E-state index in [1.54, 1.807) is 7.05 Å². The van der Waals surface area contributed by atoms with Crippen LogP contribution in [-0.2, 0) is 21.0 Å². The van der Waals surface area contributed by atoms with Gasteiger partial charge in [-0.05, 0) is 31.0 Å². The molecule has 1 amide bonds. The zero-order valence-electron chi connectivity index (χ0n) is 13.7. The quantitative estimate of drug-likeness (QED) is 0.739. The molecule has 3 rings (SSSR count). The SMILES string of the molecule is CN(C(=O)C1CSCN1S(=O)(=O)c1ccc(Cl)cc1C(F)(F)F)C1CC1. The van der Waals surface area contributed by atoms with Gasteiger partial charge in [-0.1, -0.05) is 11.6 Å². The minimum atomic E-state index is -4.88. The van der Waals surface area contributed by atoms with E-state index in [9.17, 15) is 26.4 Å². The van der Waals surface area contributed by atoms with E-state index >= 15 is 0 Å². The highest BCUT2D eigenvalue weighted by Crippen LogP contribution is 2.39. The van der Waals surface area contributed by atoms with Gasteiger partial charge in [-0.25, -0.2) is 8.42 Å². The summed E-state index contributed by atoms with van der Waals surface area (Å²) in [6.07, 6.45) is -3.18. The van der Waals surface area contributed by atoms with Crippen LogP contribution in [-0.4, -0.2) is 54.3 Å². The summed E-state index contributed by atoms with van der Waals surface area (Å²) < 4.78 is 66.7. The second kappa shape index (κ2) is 6.88. The molecule has 26 heavy (non-hydrogen) atoms. The summed E-state index contributed by atoms with van der Waals surface area (Å²) in [5, 5.41) is -0.215. The number of rotatable bonds is 4. The molecule has 1 heterocycles. The van der Waals surface area contributed by atoms with Crippen LogP contribution in [0.2, 0.25) is 5.02 Å². The van der Waals surface area contributed by atoms with Gasteiger partial charge in [-0.2, -0.15) is 17.5 Å². The number of sulfonamides is 1. The first-order valence-corrected chi connectivity index (χ1v) is 10.7. The molecule has 0 bridgehead atoms. The number of alkyl halides is 3. The molecule has 1 aliphatic carbocycles. The lowest BCUT2D eigenvalue weighted by molar-refractivity contribution is -0.139. The van der Waals surface area contributed by atoms with Crippen LogP contribution >= 0.6 is 23.4 Å². The molecular weight excluding hydrogens is 413 g/mol. The predicted octanol–water partition coefficient (Wildman–Crippen LogP) is 3.04. The van der Waals surface area contributed by atoms with Crippen molar-refractivity contribution in [2.75, 3.05) is 18.7 Å². The summed E-state index contributed by atoms with van der Waals surface area (Å²) >= 11 is 6.82. The molecular formula is C15H16ClF3N2O3S2. The summed E-state index contributed by atoms with van der Waals surface area (Å²) in [6.45, 7) is 0. The number of carbonyl (C=O) groups is 1. The van der Waals surface area contributed by atoms with Crippen LogP contribution in [0.1, 0.15) is 18.4 Å². The number of halogens is 4. The van der Waals surface area contributed by atoms with E-state index in [0.29, 0.717) is 6.07 Å². The first-order valence-electron chi connectivity index (χ1n) is 7.76. The Labute approximate surface area is 158 Å². The number of carbonyl (C=O) groups excluding carboxylic acids is 1. The number of likely N-dealkylation sites (N-methyl/N-ethyl adjacent to an activating group) is 1. The van der Waals surface area contributed by atoms with Crippen LogP contribution in [0.3, 0.4) is 0 Å². The van der Waals surface area contributed by atoms with Crippen molar-refractivity contribution in [2.24, 2.45) is 0 Å². The van der Waals surface area contributed by atoms with Gasteiger partial charge >= 0.3 is 6.18 Å². The van der Waals surface area contributed by atoms with Crippen molar-refractivity contribution in [3.63, 3.8) is 0 Å².